The van der Waals surface area contributed by atoms with Crippen LogP contribution >= 0.6 is 23.1 Å². The first-order valence-electron chi connectivity index (χ1n) is 8.66. The van der Waals surface area contributed by atoms with Crippen molar-refractivity contribution < 1.29 is 9.13 Å². The van der Waals surface area contributed by atoms with Gasteiger partial charge in [-0.1, -0.05) is 23.9 Å². The van der Waals surface area contributed by atoms with Gasteiger partial charge >= 0.3 is 0 Å². The second kappa shape index (κ2) is 7.90. The number of nitrogens with zero attached hydrogens (tertiary/aromatic N) is 3. The van der Waals surface area contributed by atoms with Crippen LogP contribution in [0.5, 0.6) is 0 Å². The average Bonchev–Trinajstić information content (AvgIpc) is 3.35. The number of ether oxygens (including phenoxy) is 1. The molecular formula is C19H20FN3OS2. The topological polar surface area (TPSA) is 39.9 Å². The number of hydrogen-bond donors (Lipinski definition) is 0. The van der Waals surface area contributed by atoms with Crippen LogP contribution < -0.4 is 0 Å². The van der Waals surface area contributed by atoms with Crippen LogP contribution in [0.1, 0.15) is 23.3 Å². The third kappa shape index (κ3) is 4.00. The molecule has 1 unspecified atom stereocenters. The molecule has 0 N–H and O–H groups in total. The fourth-order valence-corrected chi connectivity index (χ4v) is 4.67. The molecule has 0 radical (unpaired) electrons. The van der Waals surface area contributed by atoms with Gasteiger partial charge in [0.2, 0.25) is 0 Å². The van der Waals surface area contributed by atoms with Crippen LogP contribution in [0.2, 0.25) is 0 Å². The molecule has 3 aromatic rings. The number of aromatic nitrogens is 3. The predicted octanol–water partition coefficient (Wildman–Crippen LogP) is 4.93. The van der Waals surface area contributed by atoms with Gasteiger partial charge in [0.05, 0.1) is 12.6 Å². The van der Waals surface area contributed by atoms with E-state index in [1.54, 1.807) is 35.2 Å². The van der Waals surface area contributed by atoms with E-state index in [0.29, 0.717) is 5.75 Å². The summed E-state index contributed by atoms with van der Waals surface area (Å²) < 4.78 is 21.4. The van der Waals surface area contributed by atoms with Gasteiger partial charge < -0.3 is 4.74 Å². The fraction of sp³-hybridized carbons (Fsp3) is 0.368. The first kappa shape index (κ1) is 17.7. The zero-order valence-corrected chi connectivity index (χ0v) is 16.2. The molecule has 0 aliphatic carbocycles. The monoisotopic (exact) mass is 389 g/mol. The van der Waals surface area contributed by atoms with Gasteiger partial charge in [0.25, 0.3) is 0 Å². The van der Waals surface area contributed by atoms with Gasteiger partial charge in [-0.3, -0.25) is 4.57 Å². The minimum Gasteiger partial charge on any atom is -0.376 e. The highest BCUT2D eigenvalue weighted by atomic mass is 32.2. The summed E-state index contributed by atoms with van der Waals surface area (Å²) in [5.41, 5.74) is 2.03. The molecular weight excluding hydrogens is 369 g/mol. The zero-order chi connectivity index (χ0) is 17.9. The van der Waals surface area contributed by atoms with Gasteiger partial charge in [-0.15, -0.1) is 21.5 Å². The van der Waals surface area contributed by atoms with Gasteiger partial charge in [-0.25, -0.2) is 4.39 Å². The van der Waals surface area contributed by atoms with Crippen LogP contribution in [0.4, 0.5) is 4.39 Å². The van der Waals surface area contributed by atoms with E-state index in [2.05, 4.69) is 33.1 Å². The molecule has 3 heterocycles. The summed E-state index contributed by atoms with van der Waals surface area (Å²) in [6.07, 6.45) is 2.37. The third-order valence-corrected chi connectivity index (χ3v) is 6.27. The van der Waals surface area contributed by atoms with E-state index in [9.17, 15) is 4.39 Å². The van der Waals surface area contributed by atoms with E-state index < -0.39 is 0 Å². The maximum atomic E-state index is 13.4. The highest BCUT2D eigenvalue weighted by Crippen LogP contribution is 2.30. The second-order valence-corrected chi connectivity index (χ2v) is 8.47. The van der Waals surface area contributed by atoms with E-state index >= 15 is 0 Å². The lowest BCUT2D eigenvalue weighted by molar-refractivity contribution is 0.0953. The first-order valence-corrected chi connectivity index (χ1v) is 10.5. The number of aryl methyl sites for hydroxylation is 1. The zero-order valence-electron chi connectivity index (χ0n) is 14.5. The maximum absolute atomic E-state index is 13.4. The molecule has 4 rings (SSSR count). The molecule has 2 aromatic heterocycles. The largest absolute Gasteiger partial charge is 0.376 e. The standard InChI is InChI=1S/C19H20FN3OS2/c1-13-8-15(12-25-13)18-21-22-19(23(18)10-17-6-3-7-24-17)26-11-14-4-2-5-16(20)9-14/h2,4-5,8-9,12,17H,3,6-7,10-11H2,1H3. The Morgan fingerprint density at radius 1 is 1.35 bits per heavy atom. The predicted molar refractivity (Wildman–Crippen MR) is 103 cm³/mol. The Bertz CT molecular complexity index is 887. The molecule has 1 aliphatic heterocycles. The Labute approximate surface area is 160 Å². The Balaban J connectivity index is 1.59. The molecule has 4 nitrogen and oxygen atoms in total. The Hall–Kier alpha value is -1.70. The van der Waals surface area contributed by atoms with Gasteiger partial charge in [0.1, 0.15) is 5.82 Å². The van der Waals surface area contributed by atoms with Crippen molar-refractivity contribution in [2.45, 2.75) is 43.3 Å². The van der Waals surface area contributed by atoms with Crippen molar-refractivity contribution in [2.24, 2.45) is 0 Å². The van der Waals surface area contributed by atoms with Crippen molar-refractivity contribution in [1.29, 1.82) is 0 Å². The highest BCUT2D eigenvalue weighted by molar-refractivity contribution is 7.98. The molecule has 1 atom stereocenters. The summed E-state index contributed by atoms with van der Waals surface area (Å²) in [5, 5.41) is 11.8. The SMILES string of the molecule is Cc1cc(-c2nnc(SCc3cccc(F)c3)n2CC2CCCO2)cs1. The lowest BCUT2D eigenvalue weighted by Crippen LogP contribution is -2.16. The molecule has 1 fully saturated rings. The van der Waals surface area contributed by atoms with Gasteiger partial charge in [-0.05, 0) is 43.5 Å². The van der Waals surface area contributed by atoms with Crippen molar-refractivity contribution in [1.82, 2.24) is 14.8 Å². The molecule has 0 amide bonds. The summed E-state index contributed by atoms with van der Waals surface area (Å²) in [4.78, 5) is 1.25. The van der Waals surface area contributed by atoms with Gasteiger partial charge in [0, 0.05) is 28.2 Å². The number of rotatable bonds is 6. The van der Waals surface area contributed by atoms with E-state index in [-0.39, 0.29) is 11.9 Å². The molecule has 0 bridgehead atoms. The lowest BCUT2D eigenvalue weighted by atomic mass is 10.2. The number of thioether (sulfide) groups is 1. The minimum absolute atomic E-state index is 0.206. The summed E-state index contributed by atoms with van der Waals surface area (Å²) in [6.45, 7) is 3.67. The normalized spacial score (nSPS) is 17.1. The second-order valence-electron chi connectivity index (χ2n) is 6.42. The van der Waals surface area contributed by atoms with Crippen molar-refractivity contribution >= 4 is 23.1 Å². The quantitative estimate of drug-likeness (QED) is 0.561. The number of halogens is 1. The van der Waals surface area contributed by atoms with Crippen LogP contribution in [-0.2, 0) is 17.0 Å². The molecule has 1 aliphatic rings. The minimum atomic E-state index is -0.210. The molecule has 1 aromatic carbocycles. The summed E-state index contributed by atoms with van der Waals surface area (Å²) in [6, 6.07) is 8.84. The number of thiophene rings is 1. The van der Waals surface area contributed by atoms with Gasteiger partial charge in [-0.2, -0.15) is 0 Å². The van der Waals surface area contributed by atoms with E-state index in [0.717, 1.165) is 48.1 Å². The molecule has 136 valence electrons. The van der Waals surface area contributed by atoms with Crippen molar-refractivity contribution in [3.8, 4) is 11.4 Å². The molecule has 26 heavy (non-hydrogen) atoms. The Morgan fingerprint density at radius 2 is 2.27 bits per heavy atom. The highest BCUT2D eigenvalue weighted by Gasteiger charge is 2.22. The summed E-state index contributed by atoms with van der Waals surface area (Å²) >= 11 is 3.30. The van der Waals surface area contributed by atoms with Gasteiger partial charge in [0.15, 0.2) is 11.0 Å². The average molecular weight is 390 g/mol. The number of benzene rings is 1. The fourth-order valence-electron chi connectivity index (χ4n) is 3.10. The summed E-state index contributed by atoms with van der Waals surface area (Å²) in [7, 11) is 0. The van der Waals surface area contributed by atoms with Crippen molar-refractivity contribution in [3.63, 3.8) is 0 Å². The summed E-state index contributed by atoms with van der Waals surface area (Å²) in [5.74, 6) is 1.33. The van der Waals surface area contributed by atoms with Crippen LogP contribution in [0.3, 0.4) is 0 Å². The lowest BCUT2D eigenvalue weighted by Gasteiger charge is -2.14. The number of hydrogen-bond acceptors (Lipinski definition) is 5. The maximum Gasteiger partial charge on any atom is 0.191 e. The van der Waals surface area contributed by atoms with Crippen molar-refractivity contribution in [3.05, 3.63) is 52.0 Å². The van der Waals surface area contributed by atoms with E-state index in [1.165, 1.54) is 10.9 Å². The molecule has 1 saturated heterocycles. The third-order valence-electron chi connectivity index (χ3n) is 4.37. The molecule has 0 saturated carbocycles. The van der Waals surface area contributed by atoms with Crippen LogP contribution in [0.15, 0.2) is 40.9 Å². The van der Waals surface area contributed by atoms with Crippen LogP contribution in [0, 0.1) is 12.7 Å². The Morgan fingerprint density at radius 3 is 3.00 bits per heavy atom. The van der Waals surface area contributed by atoms with Crippen LogP contribution in [0.25, 0.3) is 11.4 Å². The van der Waals surface area contributed by atoms with E-state index in [1.807, 2.05) is 6.07 Å². The first-order chi connectivity index (χ1) is 12.7. The van der Waals surface area contributed by atoms with Crippen molar-refractivity contribution in [2.75, 3.05) is 6.61 Å². The Kier molecular flexibility index (Phi) is 5.38. The smallest absolute Gasteiger partial charge is 0.191 e. The molecule has 0 spiro atoms. The molecule has 7 heteroatoms. The van der Waals surface area contributed by atoms with E-state index in [4.69, 9.17) is 4.74 Å². The van der Waals surface area contributed by atoms with Crippen LogP contribution in [-0.4, -0.2) is 27.5 Å².